The third kappa shape index (κ3) is 2.93. The highest BCUT2D eigenvalue weighted by Gasteiger charge is 2.28. The molecule has 1 fully saturated rings. The maximum absolute atomic E-state index is 12.2. The van der Waals surface area contributed by atoms with Crippen molar-refractivity contribution >= 4 is 11.8 Å². The molecule has 19 heavy (non-hydrogen) atoms. The van der Waals surface area contributed by atoms with Crippen LogP contribution in [-0.2, 0) is 16.1 Å². The normalized spacial score (nSPS) is 19.4. The van der Waals surface area contributed by atoms with E-state index >= 15 is 0 Å². The summed E-state index contributed by atoms with van der Waals surface area (Å²) >= 11 is 0. The molecule has 1 aliphatic heterocycles. The quantitative estimate of drug-likeness (QED) is 0.823. The molecule has 0 amide bonds. The molecule has 1 aliphatic rings. The molecule has 0 saturated carbocycles. The second-order valence-electron chi connectivity index (χ2n) is 4.39. The minimum atomic E-state index is -1.02. The summed E-state index contributed by atoms with van der Waals surface area (Å²) in [5, 5.41) is 8.96. The van der Waals surface area contributed by atoms with Crippen LogP contribution in [0, 0.1) is 0 Å². The van der Waals surface area contributed by atoms with Gasteiger partial charge in [-0.05, 0) is 6.42 Å². The number of hydrogen-bond acceptors (Lipinski definition) is 5. The Balaban J connectivity index is 2.24. The number of carboxylic acid groups (broad SMARTS) is 1. The highest BCUT2D eigenvalue weighted by molar-refractivity contribution is 5.73. The van der Waals surface area contributed by atoms with Gasteiger partial charge in [-0.1, -0.05) is 6.92 Å². The molecule has 1 aromatic rings. The third-order valence-electron chi connectivity index (χ3n) is 3.00. The molecule has 0 aromatic carbocycles. The highest BCUT2D eigenvalue weighted by Crippen LogP contribution is 2.11. The van der Waals surface area contributed by atoms with Gasteiger partial charge in [-0.2, -0.15) is 0 Å². The van der Waals surface area contributed by atoms with Gasteiger partial charge in [0.1, 0.15) is 0 Å². The number of anilines is 1. The second kappa shape index (κ2) is 5.83. The Bertz CT molecular complexity index is 514. The van der Waals surface area contributed by atoms with Gasteiger partial charge in [0.2, 0.25) is 0 Å². The number of aryl methyl sites for hydroxylation is 1. The number of ether oxygens (including phenoxy) is 1. The Morgan fingerprint density at radius 2 is 2.42 bits per heavy atom. The first-order chi connectivity index (χ1) is 9.13. The number of aliphatic carboxylic acids is 1. The van der Waals surface area contributed by atoms with Crippen molar-refractivity contribution in [1.29, 1.82) is 0 Å². The number of nitrogens with zero attached hydrogens (tertiary/aromatic N) is 3. The van der Waals surface area contributed by atoms with Crippen LogP contribution in [0.1, 0.15) is 13.3 Å². The topological polar surface area (TPSA) is 84.7 Å². The molecule has 0 radical (unpaired) electrons. The van der Waals surface area contributed by atoms with Crippen molar-refractivity contribution in [3.05, 3.63) is 22.7 Å². The van der Waals surface area contributed by atoms with Crippen molar-refractivity contribution in [1.82, 2.24) is 9.55 Å². The summed E-state index contributed by atoms with van der Waals surface area (Å²) in [6, 6.07) is 0. The summed E-state index contributed by atoms with van der Waals surface area (Å²) in [6.07, 6.45) is 3.15. The van der Waals surface area contributed by atoms with E-state index in [1.807, 2.05) is 6.92 Å². The van der Waals surface area contributed by atoms with Crippen molar-refractivity contribution in [2.75, 3.05) is 24.6 Å². The van der Waals surface area contributed by atoms with Gasteiger partial charge < -0.3 is 19.3 Å². The number of carboxylic acids is 1. The van der Waals surface area contributed by atoms with E-state index in [4.69, 9.17) is 9.84 Å². The van der Waals surface area contributed by atoms with E-state index in [9.17, 15) is 9.59 Å². The first-order valence-corrected chi connectivity index (χ1v) is 6.28. The largest absolute Gasteiger partial charge is 0.479 e. The van der Waals surface area contributed by atoms with Crippen molar-refractivity contribution in [2.45, 2.75) is 26.0 Å². The molecule has 1 aromatic heterocycles. The molecule has 0 aliphatic carbocycles. The zero-order chi connectivity index (χ0) is 13.8. The van der Waals surface area contributed by atoms with E-state index in [1.54, 1.807) is 21.9 Å². The fourth-order valence-electron chi connectivity index (χ4n) is 2.06. The van der Waals surface area contributed by atoms with Crippen LogP contribution in [0.25, 0.3) is 0 Å². The molecule has 2 heterocycles. The monoisotopic (exact) mass is 267 g/mol. The van der Waals surface area contributed by atoms with E-state index in [0.29, 0.717) is 18.9 Å². The predicted octanol–water partition coefficient (Wildman–Crippen LogP) is -0.0569. The molecule has 0 spiro atoms. The van der Waals surface area contributed by atoms with Crippen LogP contribution in [0.4, 0.5) is 5.82 Å². The molecule has 1 atom stereocenters. The summed E-state index contributed by atoms with van der Waals surface area (Å²) in [5.74, 6) is -0.722. The van der Waals surface area contributed by atoms with E-state index < -0.39 is 12.1 Å². The van der Waals surface area contributed by atoms with Crippen LogP contribution in [0.3, 0.4) is 0 Å². The van der Waals surface area contributed by atoms with Crippen molar-refractivity contribution in [3.8, 4) is 0 Å². The number of aromatic nitrogens is 2. The lowest BCUT2D eigenvalue weighted by atomic mass is 10.2. The first kappa shape index (κ1) is 13.5. The van der Waals surface area contributed by atoms with Gasteiger partial charge in [-0.15, -0.1) is 0 Å². The lowest BCUT2D eigenvalue weighted by Gasteiger charge is -2.31. The molecule has 104 valence electrons. The zero-order valence-corrected chi connectivity index (χ0v) is 10.8. The van der Waals surface area contributed by atoms with E-state index in [-0.39, 0.29) is 18.7 Å². The average Bonchev–Trinajstić information content (AvgIpc) is 2.41. The highest BCUT2D eigenvalue weighted by atomic mass is 16.5. The Morgan fingerprint density at radius 1 is 1.63 bits per heavy atom. The molecule has 7 nitrogen and oxygen atoms in total. The molecule has 1 saturated heterocycles. The SMILES string of the molecule is CCCn1ccnc(N2CCOC(C(=O)O)C2)c1=O. The van der Waals surface area contributed by atoms with E-state index in [1.165, 1.54) is 0 Å². The van der Waals surface area contributed by atoms with Gasteiger partial charge in [-0.3, -0.25) is 4.79 Å². The number of hydrogen-bond donors (Lipinski definition) is 1. The Kier molecular flexibility index (Phi) is 4.16. The van der Waals surface area contributed by atoms with Crippen LogP contribution >= 0.6 is 0 Å². The molecular weight excluding hydrogens is 250 g/mol. The van der Waals surface area contributed by atoms with Gasteiger partial charge in [0.25, 0.3) is 5.56 Å². The molecular formula is C12H17N3O4. The van der Waals surface area contributed by atoms with Gasteiger partial charge in [0, 0.05) is 25.5 Å². The van der Waals surface area contributed by atoms with Crippen molar-refractivity contribution in [2.24, 2.45) is 0 Å². The molecule has 1 unspecified atom stereocenters. The van der Waals surface area contributed by atoms with Gasteiger partial charge >= 0.3 is 5.97 Å². The van der Waals surface area contributed by atoms with Crippen LogP contribution in [0.15, 0.2) is 17.2 Å². The maximum Gasteiger partial charge on any atom is 0.334 e. The van der Waals surface area contributed by atoms with Gasteiger partial charge in [-0.25, -0.2) is 9.78 Å². The summed E-state index contributed by atoms with van der Waals surface area (Å²) < 4.78 is 6.72. The fourth-order valence-corrected chi connectivity index (χ4v) is 2.06. The number of rotatable bonds is 4. The first-order valence-electron chi connectivity index (χ1n) is 6.28. The third-order valence-corrected chi connectivity index (χ3v) is 3.00. The molecule has 2 rings (SSSR count). The molecule has 7 heteroatoms. The van der Waals surface area contributed by atoms with Gasteiger partial charge in [0.05, 0.1) is 13.2 Å². The second-order valence-corrected chi connectivity index (χ2v) is 4.39. The number of carbonyl (C=O) groups is 1. The average molecular weight is 267 g/mol. The summed E-state index contributed by atoms with van der Waals surface area (Å²) in [7, 11) is 0. The van der Waals surface area contributed by atoms with Crippen molar-refractivity contribution < 1.29 is 14.6 Å². The maximum atomic E-state index is 12.2. The van der Waals surface area contributed by atoms with Crippen LogP contribution in [0.5, 0.6) is 0 Å². The Hall–Kier alpha value is -1.89. The Labute approximate surface area is 110 Å². The number of morpholine rings is 1. The molecule has 1 N–H and O–H groups in total. The van der Waals surface area contributed by atoms with Crippen molar-refractivity contribution in [3.63, 3.8) is 0 Å². The minimum absolute atomic E-state index is 0.147. The minimum Gasteiger partial charge on any atom is -0.479 e. The Morgan fingerprint density at radius 3 is 3.11 bits per heavy atom. The summed E-state index contributed by atoms with van der Waals surface area (Å²) in [4.78, 5) is 28.9. The zero-order valence-electron chi connectivity index (χ0n) is 10.8. The summed E-state index contributed by atoms with van der Waals surface area (Å²) in [5.41, 5.74) is -0.185. The van der Waals surface area contributed by atoms with Crippen LogP contribution in [0.2, 0.25) is 0 Å². The lowest BCUT2D eigenvalue weighted by molar-refractivity contribution is -0.150. The fraction of sp³-hybridized carbons (Fsp3) is 0.583. The van der Waals surface area contributed by atoms with Crippen LogP contribution < -0.4 is 10.5 Å². The lowest BCUT2D eigenvalue weighted by Crippen LogP contribution is -2.48. The summed E-state index contributed by atoms with van der Waals surface area (Å²) in [6.45, 7) is 3.51. The standard InChI is InChI=1S/C12H17N3O4/c1-2-4-14-5-3-13-10(11(14)16)15-6-7-19-9(8-15)12(17)18/h3,5,9H,2,4,6-8H2,1H3,(H,17,18). The van der Waals surface area contributed by atoms with E-state index in [0.717, 1.165) is 6.42 Å². The van der Waals surface area contributed by atoms with Crippen LogP contribution in [-0.4, -0.2) is 46.4 Å². The van der Waals surface area contributed by atoms with Gasteiger partial charge in [0.15, 0.2) is 11.9 Å². The van der Waals surface area contributed by atoms with E-state index in [2.05, 4.69) is 4.98 Å². The smallest absolute Gasteiger partial charge is 0.334 e. The molecule has 0 bridgehead atoms. The predicted molar refractivity (Wildman–Crippen MR) is 68.4 cm³/mol.